The lowest BCUT2D eigenvalue weighted by Gasteiger charge is -2.04. The third-order valence-electron chi connectivity index (χ3n) is 1.83. The lowest BCUT2D eigenvalue weighted by atomic mass is 10.5. The normalized spacial score (nSPS) is 10.7. The number of nitrogens with one attached hydrogen (secondary N) is 1. The third kappa shape index (κ3) is 1.63. The van der Waals surface area contributed by atoms with Crippen LogP contribution in [-0.4, -0.2) is 26.3 Å². The Bertz CT molecular complexity index is 529. The number of aromatic amines is 1. The van der Waals surface area contributed by atoms with E-state index in [0.717, 1.165) is 6.42 Å². The number of rotatable bonds is 3. The molecular formula is C8H11N5O2. The van der Waals surface area contributed by atoms with Gasteiger partial charge in [0.2, 0.25) is 11.6 Å². The first-order valence-electron chi connectivity index (χ1n) is 4.58. The van der Waals surface area contributed by atoms with E-state index >= 15 is 0 Å². The molecule has 0 saturated carbocycles. The SMILES string of the molecule is CCCOn1cnc2c(=O)[nH]c(N)nc21. The van der Waals surface area contributed by atoms with Gasteiger partial charge in [-0.1, -0.05) is 6.92 Å². The molecule has 7 heteroatoms. The van der Waals surface area contributed by atoms with Crippen molar-refractivity contribution in [2.24, 2.45) is 0 Å². The summed E-state index contributed by atoms with van der Waals surface area (Å²) in [6.45, 7) is 2.51. The number of nitrogens with zero attached hydrogens (tertiary/aromatic N) is 3. The number of hydrogen-bond acceptors (Lipinski definition) is 5. The van der Waals surface area contributed by atoms with Gasteiger partial charge in [0.05, 0.1) is 0 Å². The van der Waals surface area contributed by atoms with Gasteiger partial charge in [-0.25, -0.2) is 4.98 Å². The monoisotopic (exact) mass is 209 g/mol. The standard InChI is InChI=1S/C8H11N5O2/c1-2-3-15-13-4-10-5-6(13)11-8(9)12-7(5)14/h4H,2-3H2,1H3,(H3,9,11,12,14). The molecule has 0 unspecified atom stereocenters. The third-order valence-corrected chi connectivity index (χ3v) is 1.83. The second-order valence-corrected chi connectivity index (χ2v) is 3.03. The largest absolute Gasteiger partial charge is 0.411 e. The van der Waals surface area contributed by atoms with Crippen LogP contribution in [0, 0.1) is 0 Å². The van der Waals surface area contributed by atoms with Crippen LogP contribution in [0.4, 0.5) is 5.95 Å². The van der Waals surface area contributed by atoms with Crippen molar-refractivity contribution in [2.75, 3.05) is 12.3 Å². The van der Waals surface area contributed by atoms with Gasteiger partial charge < -0.3 is 10.6 Å². The molecule has 80 valence electrons. The molecule has 0 aliphatic rings. The van der Waals surface area contributed by atoms with Crippen molar-refractivity contribution in [3.8, 4) is 0 Å². The van der Waals surface area contributed by atoms with Crippen LogP contribution in [-0.2, 0) is 0 Å². The van der Waals surface area contributed by atoms with Gasteiger partial charge in [0.1, 0.15) is 12.9 Å². The Morgan fingerprint density at radius 2 is 2.47 bits per heavy atom. The summed E-state index contributed by atoms with van der Waals surface area (Å²) in [5, 5.41) is 0. The summed E-state index contributed by atoms with van der Waals surface area (Å²) < 4.78 is 1.35. The first-order valence-corrected chi connectivity index (χ1v) is 4.58. The average molecular weight is 209 g/mol. The number of aromatic nitrogens is 4. The number of nitrogens with two attached hydrogens (primary N) is 1. The van der Waals surface area contributed by atoms with Crippen LogP contribution >= 0.6 is 0 Å². The van der Waals surface area contributed by atoms with E-state index in [-0.39, 0.29) is 17.0 Å². The molecule has 2 rings (SSSR count). The van der Waals surface area contributed by atoms with E-state index in [1.54, 1.807) is 0 Å². The zero-order valence-electron chi connectivity index (χ0n) is 8.23. The maximum absolute atomic E-state index is 11.4. The van der Waals surface area contributed by atoms with E-state index in [1.807, 2.05) is 6.92 Å². The Morgan fingerprint density at radius 1 is 1.67 bits per heavy atom. The van der Waals surface area contributed by atoms with Crippen LogP contribution in [0.5, 0.6) is 0 Å². The molecule has 2 aromatic heterocycles. The highest BCUT2D eigenvalue weighted by molar-refractivity contribution is 5.69. The van der Waals surface area contributed by atoms with E-state index in [9.17, 15) is 4.79 Å². The van der Waals surface area contributed by atoms with Crippen molar-refractivity contribution in [3.05, 3.63) is 16.7 Å². The molecule has 2 aromatic rings. The van der Waals surface area contributed by atoms with Crippen LogP contribution < -0.4 is 16.1 Å². The number of hydrogen-bond donors (Lipinski definition) is 2. The minimum absolute atomic E-state index is 0.0503. The van der Waals surface area contributed by atoms with Crippen molar-refractivity contribution in [3.63, 3.8) is 0 Å². The van der Waals surface area contributed by atoms with Gasteiger partial charge in [-0.3, -0.25) is 9.78 Å². The van der Waals surface area contributed by atoms with Crippen molar-refractivity contribution in [2.45, 2.75) is 13.3 Å². The van der Waals surface area contributed by atoms with Crippen molar-refractivity contribution in [1.29, 1.82) is 0 Å². The molecule has 0 spiro atoms. The minimum atomic E-state index is -0.364. The van der Waals surface area contributed by atoms with Gasteiger partial charge in [0, 0.05) is 0 Å². The molecule has 0 radical (unpaired) electrons. The number of H-pyrrole nitrogens is 1. The lowest BCUT2D eigenvalue weighted by molar-refractivity contribution is 0.118. The van der Waals surface area contributed by atoms with E-state index in [1.165, 1.54) is 11.1 Å². The highest BCUT2D eigenvalue weighted by Gasteiger charge is 2.09. The molecule has 2 heterocycles. The van der Waals surface area contributed by atoms with Crippen LogP contribution in [0.2, 0.25) is 0 Å². The zero-order valence-corrected chi connectivity index (χ0v) is 8.23. The summed E-state index contributed by atoms with van der Waals surface area (Å²) in [7, 11) is 0. The van der Waals surface area contributed by atoms with Gasteiger partial charge in [0.25, 0.3) is 5.56 Å². The van der Waals surface area contributed by atoms with Crippen molar-refractivity contribution >= 4 is 17.1 Å². The van der Waals surface area contributed by atoms with Crippen LogP contribution in [0.3, 0.4) is 0 Å². The van der Waals surface area contributed by atoms with Crippen molar-refractivity contribution < 1.29 is 4.84 Å². The van der Waals surface area contributed by atoms with Crippen LogP contribution in [0.15, 0.2) is 11.1 Å². The van der Waals surface area contributed by atoms with Crippen molar-refractivity contribution in [1.82, 2.24) is 19.7 Å². The molecule has 7 nitrogen and oxygen atoms in total. The Balaban J connectivity index is 2.53. The fraction of sp³-hybridized carbons (Fsp3) is 0.375. The van der Waals surface area contributed by atoms with Gasteiger partial charge in [0.15, 0.2) is 5.52 Å². The van der Waals surface area contributed by atoms with Crippen LogP contribution in [0.25, 0.3) is 11.2 Å². The fourth-order valence-corrected chi connectivity index (χ4v) is 1.19. The fourth-order valence-electron chi connectivity index (χ4n) is 1.19. The number of anilines is 1. The molecule has 0 amide bonds. The predicted octanol–water partition coefficient (Wildman–Crippen LogP) is -0.460. The lowest BCUT2D eigenvalue weighted by Crippen LogP contribution is -2.15. The molecule has 0 atom stereocenters. The first kappa shape index (κ1) is 9.50. The second-order valence-electron chi connectivity index (χ2n) is 3.03. The predicted molar refractivity (Wildman–Crippen MR) is 54.3 cm³/mol. The number of nitrogen functional groups attached to an aromatic ring is 1. The summed E-state index contributed by atoms with van der Waals surface area (Å²) in [6.07, 6.45) is 2.26. The Hall–Kier alpha value is -2.05. The van der Waals surface area contributed by atoms with Gasteiger partial charge in [-0.05, 0) is 6.42 Å². The minimum Gasteiger partial charge on any atom is -0.411 e. The number of fused-ring (bicyclic) bond motifs is 1. The van der Waals surface area contributed by atoms with E-state index in [4.69, 9.17) is 10.6 Å². The molecule has 0 fully saturated rings. The summed E-state index contributed by atoms with van der Waals surface area (Å²) in [5.41, 5.74) is 5.61. The Morgan fingerprint density at radius 3 is 3.20 bits per heavy atom. The quantitative estimate of drug-likeness (QED) is 0.712. The average Bonchev–Trinajstić information content (AvgIpc) is 2.58. The topological polar surface area (TPSA) is 98.8 Å². The molecule has 0 aromatic carbocycles. The molecule has 15 heavy (non-hydrogen) atoms. The molecule has 0 aliphatic carbocycles. The van der Waals surface area contributed by atoms with Gasteiger partial charge >= 0.3 is 0 Å². The van der Waals surface area contributed by atoms with E-state index in [0.29, 0.717) is 12.3 Å². The highest BCUT2D eigenvalue weighted by Crippen LogP contribution is 2.04. The first-order chi connectivity index (χ1) is 7.22. The summed E-state index contributed by atoms with van der Waals surface area (Å²) >= 11 is 0. The summed E-state index contributed by atoms with van der Waals surface area (Å²) in [5.74, 6) is 0.0503. The molecule has 0 bridgehead atoms. The Labute approximate surface area is 84.9 Å². The molecule has 0 aliphatic heterocycles. The van der Waals surface area contributed by atoms with Gasteiger partial charge in [-0.15, -0.1) is 0 Å². The molecule has 3 N–H and O–H groups in total. The van der Waals surface area contributed by atoms with Gasteiger partial charge in [-0.2, -0.15) is 9.71 Å². The summed E-state index contributed by atoms with van der Waals surface area (Å²) in [6, 6.07) is 0. The van der Waals surface area contributed by atoms with E-state index in [2.05, 4.69) is 15.0 Å². The number of imidazole rings is 1. The summed E-state index contributed by atoms with van der Waals surface area (Å²) in [4.78, 5) is 26.9. The van der Waals surface area contributed by atoms with Crippen LogP contribution in [0.1, 0.15) is 13.3 Å². The smallest absolute Gasteiger partial charge is 0.280 e. The van der Waals surface area contributed by atoms with E-state index < -0.39 is 0 Å². The molecular weight excluding hydrogens is 198 g/mol. The highest BCUT2D eigenvalue weighted by atomic mass is 16.7. The zero-order chi connectivity index (χ0) is 10.8. The molecule has 0 saturated heterocycles. The Kier molecular flexibility index (Phi) is 2.28. The maximum atomic E-state index is 11.4. The second kappa shape index (κ2) is 3.60. The maximum Gasteiger partial charge on any atom is 0.280 e.